The Labute approximate surface area is 261 Å². The lowest BCUT2D eigenvalue weighted by atomic mass is 9.95. The number of alkyl halides is 3. The number of halogens is 6. The Balaban J connectivity index is 1.31. The second kappa shape index (κ2) is 12.4. The summed E-state index contributed by atoms with van der Waals surface area (Å²) >= 11 is 12.0. The first-order valence-electron chi connectivity index (χ1n) is 13.2. The summed E-state index contributed by atoms with van der Waals surface area (Å²) in [5.41, 5.74) is 1.33. The van der Waals surface area contributed by atoms with Crippen molar-refractivity contribution in [1.82, 2.24) is 4.31 Å². The molecule has 1 amide bonds. The van der Waals surface area contributed by atoms with Gasteiger partial charge in [-0.15, -0.1) is 0 Å². The summed E-state index contributed by atoms with van der Waals surface area (Å²) in [5.74, 6) is -1.33. The minimum atomic E-state index is -4.84. The Bertz CT molecular complexity index is 1870. The fourth-order valence-electron chi connectivity index (χ4n) is 4.92. The van der Waals surface area contributed by atoms with Crippen LogP contribution in [0.1, 0.15) is 27.8 Å². The molecule has 0 aromatic heterocycles. The molecule has 6 nitrogen and oxygen atoms in total. The summed E-state index contributed by atoms with van der Waals surface area (Å²) < 4.78 is 87.0. The SMILES string of the molecule is Cc1ccc2c(c1NC(=O)Cc1ccc(C(F)(F)F)c(F)c1)CCN(S(=O)(=O)c1cccc(Oc3ccc(Cl)c(Cl)c3)c1)C2. The number of fused-ring (bicyclic) bond motifs is 1. The molecule has 13 heteroatoms. The van der Waals surface area contributed by atoms with E-state index in [4.69, 9.17) is 27.9 Å². The van der Waals surface area contributed by atoms with Gasteiger partial charge in [-0.3, -0.25) is 4.79 Å². The van der Waals surface area contributed by atoms with Gasteiger partial charge in [0.15, 0.2) is 0 Å². The van der Waals surface area contributed by atoms with E-state index in [1.54, 1.807) is 43.3 Å². The van der Waals surface area contributed by atoms with Crippen molar-refractivity contribution in [1.29, 1.82) is 0 Å². The van der Waals surface area contributed by atoms with Crippen LogP contribution in [-0.2, 0) is 40.4 Å². The number of rotatable bonds is 7. The summed E-state index contributed by atoms with van der Waals surface area (Å²) in [4.78, 5) is 12.9. The molecule has 1 aliphatic heterocycles. The molecule has 0 spiro atoms. The highest BCUT2D eigenvalue weighted by Gasteiger charge is 2.34. The quantitative estimate of drug-likeness (QED) is 0.202. The molecule has 0 saturated carbocycles. The van der Waals surface area contributed by atoms with Gasteiger partial charge in [-0.2, -0.15) is 17.5 Å². The van der Waals surface area contributed by atoms with Crippen LogP contribution in [0.5, 0.6) is 11.5 Å². The molecule has 44 heavy (non-hydrogen) atoms. The maximum Gasteiger partial charge on any atom is 0.419 e. The molecule has 1 aliphatic rings. The van der Waals surface area contributed by atoms with E-state index in [0.29, 0.717) is 45.6 Å². The molecule has 0 bridgehead atoms. The van der Waals surface area contributed by atoms with Crippen molar-refractivity contribution in [2.45, 2.75) is 37.4 Å². The highest BCUT2D eigenvalue weighted by molar-refractivity contribution is 7.89. The first-order valence-corrected chi connectivity index (χ1v) is 15.4. The highest BCUT2D eigenvalue weighted by Crippen LogP contribution is 2.35. The molecule has 4 aromatic carbocycles. The van der Waals surface area contributed by atoms with Crippen LogP contribution in [-0.4, -0.2) is 25.2 Å². The van der Waals surface area contributed by atoms with Gasteiger partial charge in [0.1, 0.15) is 17.3 Å². The minimum absolute atomic E-state index is 0.0305. The van der Waals surface area contributed by atoms with Gasteiger partial charge in [0, 0.05) is 30.9 Å². The van der Waals surface area contributed by atoms with E-state index in [-0.39, 0.29) is 35.7 Å². The molecule has 5 rings (SSSR count). The van der Waals surface area contributed by atoms with Crippen LogP contribution in [0, 0.1) is 12.7 Å². The fourth-order valence-corrected chi connectivity index (χ4v) is 6.66. The number of hydrogen-bond acceptors (Lipinski definition) is 4. The Kier molecular flexibility index (Phi) is 8.95. The second-order valence-corrected chi connectivity index (χ2v) is 12.9. The fraction of sp³-hybridized carbons (Fsp3) is 0.194. The smallest absolute Gasteiger partial charge is 0.419 e. The van der Waals surface area contributed by atoms with E-state index in [1.807, 2.05) is 0 Å². The third kappa shape index (κ3) is 6.86. The Morgan fingerprint density at radius 2 is 1.73 bits per heavy atom. The maximum absolute atomic E-state index is 14.0. The third-order valence-corrected chi connectivity index (χ3v) is 9.69. The molecule has 0 unspecified atom stereocenters. The van der Waals surface area contributed by atoms with E-state index in [1.165, 1.54) is 22.5 Å². The number of hydrogen-bond donors (Lipinski definition) is 1. The van der Waals surface area contributed by atoms with Gasteiger partial charge >= 0.3 is 6.18 Å². The predicted octanol–water partition coefficient (Wildman–Crippen LogP) is 8.18. The first-order chi connectivity index (χ1) is 20.7. The summed E-state index contributed by atoms with van der Waals surface area (Å²) in [7, 11) is -3.94. The van der Waals surface area contributed by atoms with Gasteiger partial charge in [0.25, 0.3) is 0 Å². The molecule has 0 aliphatic carbocycles. The number of aryl methyl sites for hydroxylation is 1. The average molecular weight is 668 g/mol. The lowest BCUT2D eigenvalue weighted by Crippen LogP contribution is -2.36. The van der Waals surface area contributed by atoms with Gasteiger partial charge in [0.05, 0.1) is 26.9 Å². The number of benzene rings is 4. The van der Waals surface area contributed by atoms with Crippen molar-refractivity contribution in [3.05, 3.63) is 116 Å². The van der Waals surface area contributed by atoms with Crippen molar-refractivity contribution < 1.29 is 35.5 Å². The van der Waals surface area contributed by atoms with E-state index < -0.39 is 33.5 Å². The summed E-state index contributed by atoms with van der Waals surface area (Å²) in [6.45, 7) is 1.95. The normalized spacial score (nSPS) is 13.8. The number of nitrogens with zero attached hydrogens (tertiary/aromatic N) is 1. The topological polar surface area (TPSA) is 75.7 Å². The third-order valence-electron chi connectivity index (χ3n) is 7.11. The van der Waals surface area contributed by atoms with Crippen molar-refractivity contribution in [2.24, 2.45) is 0 Å². The predicted molar refractivity (Wildman–Crippen MR) is 159 cm³/mol. The van der Waals surface area contributed by atoms with Crippen LogP contribution >= 0.6 is 23.2 Å². The number of nitrogens with one attached hydrogen (secondary N) is 1. The monoisotopic (exact) mass is 666 g/mol. The number of anilines is 1. The van der Waals surface area contributed by atoms with E-state index >= 15 is 0 Å². The largest absolute Gasteiger partial charge is 0.457 e. The zero-order valence-electron chi connectivity index (χ0n) is 23.0. The molecule has 0 fully saturated rings. The summed E-state index contributed by atoms with van der Waals surface area (Å²) in [6, 6.07) is 16.7. The highest BCUT2D eigenvalue weighted by atomic mass is 35.5. The molecule has 0 atom stereocenters. The van der Waals surface area contributed by atoms with Gasteiger partial charge in [-0.25, -0.2) is 12.8 Å². The van der Waals surface area contributed by atoms with Crippen LogP contribution in [0.4, 0.5) is 23.2 Å². The van der Waals surface area contributed by atoms with Crippen LogP contribution in [0.15, 0.2) is 77.7 Å². The summed E-state index contributed by atoms with van der Waals surface area (Å²) in [6.07, 6.45) is -4.89. The standard InChI is InChI=1S/C31H24Cl2F4N2O4S/c1-18-5-7-20-17-39(44(41,42)23-4-2-3-21(15-23)43-22-8-10-26(32)27(33)16-22)12-11-24(20)30(18)38-29(40)14-19-6-9-25(28(34)13-19)31(35,36)37/h2-10,13,15-16H,11-12,14,17H2,1H3,(H,38,40). The Morgan fingerprint density at radius 3 is 2.43 bits per heavy atom. The average Bonchev–Trinajstić information content (AvgIpc) is 2.96. The number of carbonyl (C=O) groups excluding carboxylic acids is 1. The van der Waals surface area contributed by atoms with Crippen molar-refractivity contribution >= 4 is 44.8 Å². The number of amides is 1. The van der Waals surface area contributed by atoms with Crippen LogP contribution in [0.2, 0.25) is 10.0 Å². The summed E-state index contributed by atoms with van der Waals surface area (Å²) in [5, 5.41) is 3.43. The molecular weight excluding hydrogens is 643 g/mol. The zero-order valence-corrected chi connectivity index (χ0v) is 25.3. The van der Waals surface area contributed by atoms with Crippen molar-refractivity contribution in [2.75, 3.05) is 11.9 Å². The van der Waals surface area contributed by atoms with E-state index in [2.05, 4.69) is 5.32 Å². The molecule has 0 radical (unpaired) electrons. The lowest BCUT2D eigenvalue weighted by molar-refractivity contribution is -0.140. The van der Waals surface area contributed by atoms with Gasteiger partial charge in [-0.1, -0.05) is 47.5 Å². The molecule has 1 heterocycles. The number of ether oxygens (including phenoxy) is 1. The van der Waals surface area contributed by atoms with Crippen LogP contribution in [0.25, 0.3) is 0 Å². The maximum atomic E-state index is 14.0. The van der Waals surface area contributed by atoms with E-state index in [0.717, 1.165) is 17.2 Å². The number of carbonyl (C=O) groups is 1. The first kappa shape index (κ1) is 31.8. The Morgan fingerprint density at radius 1 is 0.977 bits per heavy atom. The van der Waals surface area contributed by atoms with Gasteiger partial charge < -0.3 is 10.1 Å². The van der Waals surface area contributed by atoms with Gasteiger partial charge in [0.2, 0.25) is 15.9 Å². The molecule has 4 aromatic rings. The van der Waals surface area contributed by atoms with Gasteiger partial charge in [-0.05, 0) is 72.0 Å². The van der Waals surface area contributed by atoms with Crippen LogP contribution < -0.4 is 10.1 Å². The molecule has 0 saturated heterocycles. The van der Waals surface area contributed by atoms with Crippen molar-refractivity contribution in [3.8, 4) is 11.5 Å². The number of sulfonamides is 1. The van der Waals surface area contributed by atoms with E-state index in [9.17, 15) is 30.8 Å². The van der Waals surface area contributed by atoms with Crippen molar-refractivity contribution in [3.63, 3.8) is 0 Å². The minimum Gasteiger partial charge on any atom is -0.457 e. The molecule has 1 N–H and O–H groups in total. The molecular formula is C31H24Cl2F4N2O4S. The zero-order chi connectivity index (χ0) is 31.8. The molecule has 230 valence electrons. The lowest BCUT2D eigenvalue weighted by Gasteiger charge is -2.30. The second-order valence-electron chi connectivity index (χ2n) is 10.2. The van der Waals surface area contributed by atoms with Crippen LogP contribution in [0.3, 0.4) is 0 Å². The Hall–Kier alpha value is -3.64.